The van der Waals surface area contributed by atoms with Crippen molar-refractivity contribution in [3.05, 3.63) is 65.5 Å². The van der Waals surface area contributed by atoms with Crippen LogP contribution >= 0.6 is 0 Å². The number of aryl methyl sites for hydroxylation is 1. The molecule has 0 saturated carbocycles. The first-order chi connectivity index (χ1) is 8.29. The summed E-state index contributed by atoms with van der Waals surface area (Å²) in [6, 6.07) is 14.5. The van der Waals surface area contributed by atoms with Gasteiger partial charge < -0.3 is 4.74 Å². The molecule has 2 aromatic carbocycles. The lowest BCUT2D eigenvalue weighted by atomic mass is 10.2. The lowest BCUT2D eigenvalue weighted by Crippen LogP contribution is -1.98. The Hall–Kier alpha value is -1.83. The Morgan fingerprint density at radius 2 is 1.71 bits per heavy atom. The summed E-state index contributed by atoms with van der Waals surface area (Å²) in [5.41, 5.74) is 1.84. The van der Waals surface area contributed by atoms with E-state index >= 15 is 0 Å². The van der Waals surface area contributed by atoms with Crippen molar-refractivity contribution in [1.82, 2.24) is 0 Å². The van der Waals surface area contributed by atoms with Crippen LogP contribution in [0.2, 0.25) is 0 Å². The Balaban J connectivity index is 2.00. The third-order valence-electron chi connectivity index (χ3n) is 2.68. The smallest absolute Gasteiger partial charge is 0.129 e. The van der Waals surface area contributed by atoms with Gasteiger partial charge in [0.15, 0.2) is 0 Å². The predicted molar refractivity (Wildman–Crippen MR) is 66.6 cm³/mol. The first kappa shape index (κ1) is 11.6. The van der Waals surface area contributed by atoms with Gasteiger partial charge >= 0.3 is 0 Å². The monoisotopic (exact) mass is 230 g/mol. The van der Waals surface area contributed by atoms with Crippen molar-refractivity contribution in [2.75, 3.05) is 0 Å². The van der Waals surface area contributed by atoms with Gasteiger partial charge in [0.05, 0.1) is 0 Å². The number of halogens is 1. The normalized spacial score (nSPS) is 10.2. The average Bonchev–Trinajstić information content (AvgIpc) is 2.38. The molecule has 0 bridgehead atoms. The van der Waals surface area contributed by atoms with Gasteiger partial charge in [-0.3, -0.25) is 0 Å². The topological polar surface area (TPSA) is 9.23 Å². The van der Waals surface area contributed by atoms with Crippen LogP contribution in [0.3, 0.4) is 0 Å². The van der Waals surface area contributed by atoms with Gasteiger partial charge in [-0.2, -0.15) is 0 Å². The van der Waals surface area contributed by atoms with Crippen LogP contribution in [0.15, 0.2) is 48.5 Å². The van der Waals surface area contributed by atoms with Crippen LogP contribution < -0.4 is 4.74 Å². The third kappa shape index (κ3) is 3.06. The van der Waals surface area contributed by atoms with E-state index < -0.39 is 0 Å². The fourth-order valence-corrected chi connectivity index (χ4v) is 1.60. The highest BCUT2D eigenvalue weighted by molar-refractivity contribution is 5.27. The van der Waals surface area contributed by atoms with Crippen molar-refractivity contribution < 1.29 is 9.13 Å². The molecule has 0 aromatic heterocycles. The first-order valence-electron chi connectivity index (χ1n) is 5.74. The maximum atomic E-state index is 13.3. The highest BCUT2D eigenvalue weighted by atomic mass is 19.1. The van der Waals surface area contributed by atoms with Gasteiger partial charge in [-0.05, 0) is 30.2 Å². The van der Waals surface area contributed by atoms with Gasteiger partial charge in [-0.15, -0.1) is 0 Å². The minimum atomic E-state index is -0.224. The van der Waals surface area contributed by atoms with Crippen molar-refractivity contribution >= 4 is 0 Å². The van der Waals surface area contributed by atoms with E-state index in [1.165, 1.54) is 11.6 Å². The maximum absolute atomic E-state index is 13.3. The Kier molecular flexibility index (Phi) is 3.76. The molecule has 0 N–H and O–H groups in total. The second-order valence-corrected chi connectivity index (χ2v) is 3.88. The van der Waals surface area contributed by atoms with Crippen LogP contribution in [-0.4, -0.2) is 0 Å². The molecular weight excluding hydrogens is 215 g/mol. The van der Waals surface area contributed by atoms with Crippen LogP contribution in [-0.2, 0) is 13.0 Å². The number of hydrogen-bond donors (Lipinski definition) is 0. The number of rotatable bonds is 4. The molecule has 2 heteroatoms. The van der Waals surface area contributed by atoms with E-state index in [1.54, 1.807) is 12.1 Å². The van der Waals surface area contributed by atoms with Gasteiger partial charge in [0.2, 0.25) is 0 Å². The summed E-state index contributed by atoms with van der Waals surface area (Å²) in [4.78, 5) is 0. The summed E-state index contributed by atoms with van der Waals surface area (Å²) in [6.07, 6.45) is 1.01. The second kappa shape index (κ2) is 5.48. The molecule has 0 saturated heterocycles. The Morgan fingerprint density at radius 3 is 2.35 bits per heavy atom. The van der Waals surface area contributed by atoms with Crippen molar-refractivity contribution in [3.63, 3.8) is 0 Å². The number of benzene rings is 2. The fraction of sp³-hybridized carbons (Fsp3) is 0.200. The maximum Gasteiger partial charge on any atom is 0.129 e. The van der Waals surface area contributed by atoms with Crippen LogP contribution in [0.4, 0.5) is 4.39 Å². The van der Waals surface area contributed by atoms with E-state index in [4.69, 9.17) is 4.74 Å². The molecule has 1 nitrogen and oxygen atoms in total. The van der Waals surface area contributed by atoms with Crippen molar-refractivity contribution in [2.24, 2.45) is 0 Å². The molecule has 88 valence electrons. The quantitative estimate of drug-likeness (QED) is 0.772. The molecule has 0 aliphatic heterocycles. The third-order valence-corrected chi connectivity index (χ3v) is 2.68. The molecule has 2 rings (SSSR count). The molecule has 0 amide bonds. The molecule has 0 heterocycles. The molecule has 0 fully saturated rings. The van der Waals surface area contributed by atoms with Gasteiger partial charge in [0.1, 0.15) is 18.2 Å². The Bertz CT molecular complexity index is 477. The predicted octanol–water partition coefficient (Wildman–Crippen LogP) is 3.97. The molecule has 0 aliphatic rings. The molecule has 0 atom stereocenters. The standard InChI is InChI=1S/C15H15FO/c1-2-12-7-9-14(10-8-12)17-11-13-5-3-4-6-15(13)16/h3-10H,2,11H2,1H3. The van der Waals surface area contributed by atoms with E-state index in [2.05, 4.69) is 6.92 Å². The van der Waals surface area contributed by atoms with Crippen LogP contribution in [0.1, 0.15) is 18.1 Å². The number of ether oxygens (including phenoxy) is 1. The zero-order valence-electron chi connectivity index (χ0n) is 9.82. The summed E-state index contributed by atoms with van der Waals surface area (Å²) in [5, 5.41) is 0. The van der Waals surface area contributed by atoms with Gasteiger partial charge in [-0.1, -0.05) is 37.3 Å². The van der Waals surface area contributed by atoms with Crippen molar-refractivity contribution in [3.8, 4) is 5.75 Å². The Morgan fingerprint density at radius 1 is 1.00 bits per heavy atom. The van der Waals surface area contributed by atoms with E-state index in [-0.39, 0.29) is 12.4 Å². The van der Waals surface area contributed by atoms with Gasteiger partial charge in [0, 0.05) is 5.56 Å². The van der Waals surface area contributed by atoms with Crippen LogP contribution in [0, 0.1) is 5.82 Å². The molecule has 0 aliphatic carbocycles. The average molecular weight is 230 g/mol. The van der Waals surface area contributed by atoms with Crippen molar-refractivity contribution in [2.45, 2.75) is 20.0 Å². The second-order valence-electron chi connectivity index (χ2n) is 3.88. The first-order valence-corrected chi connectivity index (χ1v) is 5.74. The van der Waals surface area contributed by atoms with E-state index in [0.717, 1.165) is 12.2 Å². The van der Waals surface area contributed by atoms with E-state index in [9.17, 15) is 4.39 Å². The summed E-state index contributed by atoms with van der Waals surface area (Å²) in [6.45, 7) is 2.37. The Labute approximate surface area is 101 Å². The van der Waals surface area contributed by atoms with E-state index in [1.807, 2.05) is 30.3 Å². The molecule has 17 heavy (non-hydrogen) atoms. The minimum Gasteiger partial charge on any atom is -0.489 e. The summed E-state index contributed by atoms with van der Waals surface area (Å²) >= 11 is 0. The SMILES string of the molecule is CCc1ccc(OCc2ccccc2F)cc1. The largest absolute Gasteiger partial charge is 0.489 e. The molecular formula is C15H15FO. The van der Waals surface area contributed by atoms with Gasteiger partial charge in [0.25, 0.3) is 0 Å². The zero-order valence-corrected chi connectivity index (χ0v) is 9.82. The zero-order chi connectivity index (χ0) is 12.1. The highest BCUT2D eigenvalue weighted by Crippen LogP contribution is 2.15. The van der Waals surface area contributed by atoms with Crippen LogP contribution in [0.5, 0.6) is 5.75 Å². The molecule has 0 unspecified atom stereocenters. The molecule has 0 radical (unpaired) electrons. The highest BCUT2D eigenvalue weighted by Gasteiger charge is 2.01. The lowest BCUT2D eigenvalue weighted by Gasteiger charge is -2.07. The molecule has 2 aromatic rings. The summed E-state index contributed by atoms with van der Waals surface area (Å²) in [5.74, 6) is 0.545. The summed E-state index contributed by atoms with van der Waals surface area (Å²) in [7, 11) is 0. The van der Waals surface area contributed by atoms with Crippen LogP contribution in [0.25, 0.3) is 0 Å². The van der Waals surface area contributed by atoms with Crippen molar-refractivity contribution in [1.29, 1.82) is 0 Å². The minimum absolute atomic E-state index is 0.224. The lowest BCUT2D eigenvalue weighted by molar-refractivity contribution is 0.300. The molecule has 0 spiro atoms. The number of hydrogen-bond acceptors (Lipinski definition) is 1. The summed E-state index contributed by atoms with van der Waals surface area (Å²) < 4.78 is 18.9. The van der Waals surface area contributed by atoms with E-state index in [0.29, 0.717) is 5.56 Å². The fourth-order valence-electron chi connectivity index (χ4n) is 1.60. The van der Waals surface area contributed by atoms with Gasteiger partial charge in [-0.25, -0.2) is 4.39 Å².